The molecule has 31 heavy (non-hydrogen) atoms. The van der Waals surface area contributed by atoms with Crippen molar-refractivity contribution in [2.24, 2.45) is 0 Å². The Morgan fingerprint density at radius 1 is 0.581 bits per heavy atom. The summed E-state index contributed by atoms with van der Waals surface area (Å²) in [5.41, 5.74) is 0.473. The summed E-state index contributed by atoms with van der Waals surface area (Å²) in [7, 11) is 0. The molecular weight excluding hydrogens is 394 g/mol. The first-order chi connectivity index (χ1) is 14.8. The van der Waals surface area contributed by atoms with Crippen LogP contribution in [0.2, 0.25) is 0 Å². The zero-order chi connectivity index (χ0) is 23.6. The van der Waals surface area contributed by atoms with Gasteiger partial charge in [-0.1, -0.05) is 91.0 Å². The molecule has 0 atom stereocenters. The van der Waals surface area contributed by atoms with Gasteiger partial charge in [0.05, 0.1) is 26.2 Å². The molecule has 0 aliphatic rings. The number of quaternary nitrogens is 1. The van der Waals surface area contributed by atoms with Gasteiger partial charge in [0.25, 0.3) is 0 Å². The van der Waals surface area contributed by atoms with Crippen molar-refractivity contribution < 1.29 is 17.4 Å². The van der Waals surface area contributed by atoms with E-state index in [2.05, 4.69) is 34.6 Å². The third kappa shape index (κ3) is 13.9. The Balaban J connectivity index is 0.000000590. The van der Waals surface area contributed by atoms with Crippen LogP contribution in [0.4, 0.5) is 12.9 Å². The molecule has 0 heterocycles. The van der Waals surface area contributed by atoms with Gasteiger partial charge in [-0.3, -0.25) is 0 Å². The second kappa shape index (κ2) is 17.6. The van der Waals surface area contributed by atoms with Crippen molar-refractivity contribution in [2.75, 3.05) is 26.2 Å². The summed E-state index contributed by atoms with van der Waals surface area (Å²) in [4.78, 5) is 0. The largest absolute Gasteiger partial charge is 0.509 e. The van der Waals surface area contributed by atoms with Gasteiger partial charge in [-0.15, -0.1) is 5.46 Å². The molecule has 0 unspecified atom stereocenters. The maximum Gasteiger partial charge on any atom is 0.509 e. The third-order valence-electron chi connectivity index (χ3n) is 6.12. The zero-order valence-electron chi connectivity index (χ0n) is 21.1. The second-order valence-corrected chi connectivity index (χ2v) is 9.07. The normalized spacial score (nSPS) is 11.9. The summed E-state index contributed by atoms with van der Waals surface area (Å²) in [6.07, 6.45) is 14.0. The summed E-state index contributed by atoms with van der Waals surface area (Å²) in [6.45, 7) is 12.2. The number of nitrogens with zero attached hydrogens (tertiary/aromatic N) is 1. The summed E-state index contributed by atoms with van der Waals surface area (Å²) < 4.78 is 38.1. The standard InChI is InChI=1S/C16H36N.C10H13BF3/c1-5-9-13-17(14-10-6-2,15-11-7-3)16-12-8-4;1-2-3-4-9-5-7-10(8-6-9)11(12,13)14/h5-16H2,1-4H3;5-8H,2-4H2,1H3/q+1;-1. The Hall–Kier alpha value is -0.965. The van der Waals surface area contributed by atoms with Gasteiger partial charge in [0, 0.05) is 0 Å². The fraction of sp³-hybridized carbons (Fsp3) is 0.769. The lowest BCUT2D eigenvalue weighted by molar-refractivity contribution is -0.929. The number of unbranched alkanes of at least 4 members (excludes halogenated alkanes) is 5. The highest BCUT2D eigenvalue weighted by Crippen LogP contribution is 2.16. The Morgan fingerprint density at radius 2 is 0.935 bits per heavy atom. The molecule has 0 N–H and O–H groups in total. The molecule has 182 valence electrons. The molecular formula is C26H49BF3N. The molecule has 0 radical (unpaired) electrons. The summed E-state index contributed by atoms with van der Waals surface area (Å²) >= 11 is 0. The Labute approximate surface area is 191 Å². The minimum absolute atomic E-state index is 0.509. The quantitative estimate of drug-likeness (QED) is 0.179. The predicted molar refractivity (Wildman–Crippen MR) is 133 cm³/mol. The average Bonchev–Trinajstić information content (AvgIpc) is 2.77. The summed E-state index contributed by atoms with van der Waals surface area (Å²) in [5.74, 6) is 0. The lowest BCUT2D eigenvalue weighted by Crippen LogP contribution is -2.50. The first-order valence-corrected chi connectivity index (χ1v) is 12.9. The Kier molecular flexibility index (Phi) is 17.0. The van der Waals surface area contributed by atoms with Crippen molar-refractivity contribution in [2.45, 2.75) is 105 Å². The van der Waals surface area contributed by atoms with E-state index in [1.807, 2.05) is 0 Å². The molecule has 1 aromatic carbocycles. The van der Waals surface area contributed by atoms with Crippen LogP contribution < -0.4 is 5.46 Å². The summed E-state index contributed by atoms with van der Waals surface area (Å²) in [5, 5.41) is 0. The first kappa shape index (κ1) is 30.0. The Morgan fingerprint density at radius 3 is 1.23 bits per heavy atom. The fourth-order valence-electron chi connectivity index (χ4n) is 3.93. The van der Waals surface area contributed by atoms with Crippen molar-refractivity contribution in [3.8, 4) is 0 Å². The van der Waals surface area contributed by atoms with Crippen LogP contribution in [0.1, 0.15) is 104 Å². The van der Waals surface area contributed by atoms with E-state index in [-0.39, 0.29) is 0 Å². The van der Waals surface area contributed by atoms with Crippen molar-refractivity contribution >= 4 is 12.4 Å². The molecule has 0 aromatic heterocycles. The fourth-order valence-corrected chi connectivity index (χ4v) is 3.93. The molecule has 1 rings (SSSR count). The zero-order valence-corrected chi connectivity index (χ0v) is 21.1. The van der Waals surface area contributed by atoms with E-state index in [0.717, 1.165) is 24.8 Å². The lowest BCUT2D eigenvalue weighted by atomic mass is 9.80. The lowest BCUT2D eigenvalue weighted by Gasteiger charge is -2.39. The predicted octanol–water partition coefficient (Wildman–Crippen LogP) is 8.09. The molecule has 0 aliphatic heterocycles. The van der Waals surface area contributed by atoms with Crippen LogP contribution in [0.25, 0.3) is 0 Å². The van der Waals surface area contributed by atoms with Crippen LogP contribution in [0, 0.1) is 0 Å². The van der Waals surface area contributed by atoms with Crippen LogP contribution in [0.15, 0.2) is 24.3 Å². The average molecular weight is 443 g/mol. The highest BCUT2D eigenvalue weighted by Gasteiger charge is 2.25. The molecule has 0 bridgehead atoms. The number of halogens is 3. The molecule has 5 heteroatoms. The van der Waals surface area contributed by atoms with Crippen molar-refractivity contribution in [3.05, 3.63) is 29.8 Å². The van der Waals surface area contributed by atoms with E-state index in [1.54, 1.807) is 12.1 Å². The van der Waals surface area contributed by atoms with E-state index >= 15 is 0 Å². The van der Waals surface area contributed by atoms with E-state index in [9.17, 15) is 12.9 Å². The number of benzene rings is 1. The molecule has 0 saturated heterocycles. The van der Waals surface area contributed by atoms with Crippen LogP contribution in [0.5, 0.6) is 0 Å². The minimum Gasteiger partial charge on any atom is -0.445 e. The highest BCUT2D eigenvalue weighted by atomic mass is 19.4. The van der Waals surface area contributed by atoms with E-state index in [1.165, 1.54) is 94.2 Å². The van der Waals surface area contributed by atoms with Gasteiger partial charge in [-0.05, 0) is 44.1 Å². The van der Waals surface area contributed by atoms with Crippen LogP contribution >= 0.6 is 0 Å². The number of hydrogen-bond donors (Lipinski definition) is 0. The van der Waals surface area contributed by atoms with Gasteiger partial charge in [0.2, 0.25) is 0 Å². The van der Waals surface area contributed by atoms with E-state index < -0.39 is 12.4 Å². The van der Waals surface area contributed by atoms with Crippen molar-refractivity contribution in [1.82, 2.24) is 0 Å². The second-order valence-electron chi connectivity index (χ2n) is 9.07. The smallest absolute Gasteiger partial charge is 0.445 e. The molecule has 0 fully saturated rings. The van der Waals surface area contributed by atoms with E-state index in [0.29, 0.717) is 0 Å². The number of aryl methyl sites for hydroxylation is 1. The molecule has 0 saturated carbocycles. The van der Waals surface area contributed by atoms with Gasteiger partial charge >= 0.3 is 6.98 Å². The summed E-state index contributed by atoms with van der Waals surface area (Å²) in [6, 6.07) is 5.48. The molecule has 0 amide bonds. The topological polar surface area (TPSA) is 0 Å². The van der Waals surface area contributed by atoms with Gasteiger partial charge < -0.3 is 17.4 Å². The SMILES string of the molecule is CCCC[N+](CCCC)(CCCC)CCCC.CCCCc1ccc([B-](F)(F)F)cc1. The van der Waals surface area contributed by atoms with E-state index in [4.69, 9.17) is 0 Å². The maximum absolute atomic E-state index is 12.2. The Bertz CT molecular complexity index is 491. The third-order valence-corrected chi connectivity index (χ3v) is 6.12. The van der Waals surface area contributed by atoms with Gasteiger partial charge in [0.1, 0.15) is 0 Å². The van der Waals surface area contributed by atoms with Crippen LogP contribution in [-0.2, 0) is 6.42 Å². The molecule has 0 aliphatic carbocycles. The molecule has 1 nitrogen and oxygen atoms in total. The molecule has 0 spiro atoms. The van der Waals surface area contributed by atoms with Crippen molar-refractivity contribution in [1.29, 1.82) is 0 Å². The number of rotatable bonds is 16. The van der Waals surface area contributed by atoms with Gasteiger partial charge in [-0.25, -0.2) is 0 Å². The first-order valence-electron chi connectivity index (χ1n) is 12.9. The minimum atomic E-state index is -4.83. The van der Waals surface area contributed by atoms with Gasteiger partial charge in [-0.2, -0.15) is 0 Å². The maximum atomic E-state index is 12.2. The molecule has 1 aromatic rings. The van der Waals surface area contributed by atoms with Crippen LogP contribution in [0.3, 0.4) is 0 Å². The highest BCUT2D eigenvalue weighted by molar-refractivity contribution is 6.73. The van der Waals surface area contributed by atoms with Crippen LogP contribution in [-0.4, -0.2) is 37.6 Å². The monoisotopic (exact) mass is 443 g/mol. The van der Waals surface area contributed by atoms with Crippen molar-refractivity contribution in [3.63, 3.8) is 0 Å². The number of hydrogen-bond acceptors (Lipinski definition) is 0. The van der Waals surface area contributed by atoms with Gasteiger partial charge in [0.15, 0.2) is 0 Å².